The first-order valence-corrected chi connectivity index (χ1v) is 7.78. The third kappa shape index (κ3) is 2.47. The average molecular weight is 342 g/mol. The predicted octanol–water partition coefficient (Wildman–Crippen LogP) is 5.48. The summed E-state index contributed by atoms with van der Waals surface area (Å²) in [6.07, 6.45) is 1.05. The van der Waals surface area contributed by atoms with Crippen LogP contribution in [0.3, 0.4) is 0 Å². The average Bonchev–Trinajstić information content (AvgIpc) is 2.77. The summed E-state index contributed by atoms with van der Waals surface area (Å²) in [5, 5.41) is 0.285. The van der Waals surface area contributed by atoms with E-state index in [1.165, 1.54) is 6.08 Å². The third-order valence-corrected chi connectivity index (χ3v) is 4.42. The van der Waals surface area contributed by atoms with Crippen LogP contribution in [0.25, 0.3) is 28.0 Å². The molecule has 2 aromatic carbocycles. The van der Waals surface area contributed by atoms with Gasteiger partial charge in [0.15, 0.2) is 0 Å². The standard InChI is InChI=1S/C20H13F3O2/c1-11-6-8-15-13(10-11)19(24)18-16(25-15)9-7-12-4-2-3-5-14(17(12)18)20(21,22)23/h2-10,14H,1H3. The molecular formula is C20H13F3O2. The van der Waals surface area contributed by atoms with Crippen LogP contribution in [-0.4, -0.2) is 6.18 Å². The van der Waals surface area contributed by atoms with E-state index in [-0.39, 0.29) is 16.5 Å². The van der Waals surface area contributed by atoms with Crippen molar-refractivity contribution in [2.75, 3.05) is 0 Å². The Morgan fingerprint density at radius 1 is 1.04 bits per heavy atom. The zero-order valence-corrected chi connectivity index (χ0v) is 13.2. The van der Waals surface area contributed by atoms with Crippen LogP contribution in [0.2, 0.25) is 0 Å². The van der Waals surface area contributed by atoms with Gasteiger partial charge in [-0.3, -0.25) is 4.79 Å². The first-order valence-electron chi connectivity index (χ1n) is 7.78. The molecule has 1 aliphatic rings. The molecule has 3 aromatic rings. The molecule has 2 nitrogen and oxygen atoms in total. The van der Waals surface area contributed by atoms with Crippen LogP contribution < -0.4 is 5.43 Å². The number of fused-ring (bicyclic) bond motifs is 4. The second-order valence-corrected chi connectivity index (χ2v) is 6.14. The maximum Gasteiger partial charge on any atom is 0.399 e. The number of aryl methyl sites for hydroxylation is 1. The molecule has 0 saturated carbocycles. The van der Waals surface area contributed by atoms with Crippen LogP contribution in [0.4, 0.5) is 13.2 Å². The van der Waals surface area contributed by atoms with Gasteiger partial charge in [0, 0.05) is 0 Å². The van der Waals surface area contributed by atoms with Crippen molar-refractivity contribution in [3.05, 3.63) is 75.5 Å². The van der Waals surface area contributed by atoms with E-state index in [4.69, 9.17) is 4.42 Å². The normalized spacial score (nSPS) is 17.0. The van der Waals surface area contributed by atoms with Crippen LogP contribution in [0, 0.1) is 6.92 Å². The molecule has 0 spiro atoms. The largest absolute Gasteiger partial charge is 0.456 e. The number of allylic oxidation sites excluding steroid dienone is 3. The van der Waals surface area contributed by atoms with Gasteiger partial charge in [-0.05, 0) is 36.2 Å². The molecule has 4 rings (SSSR count). The number of rotatable bonds is 0. The molecule has 0 fully saturated rings. The van der Waals surface area contributed by atoms with Crippen molar-refractivity contribution >= 4 is 28.0 Å². The number of benzene rings is 2. The van der Waals surface area contributed by atoms with Crippen molar-refractivity contribution in [3.8, 4) is 0 Å². The predicted molar refractivity (Wildman–Crippen MR) is 91.7 cm³/mol. The van der Waals surface area contributed by atoms with Crippen LogP contribution in [0.5, 0.6) is 0 Å². The SMILES string of the molecule is Cc1ccc2oc3ccc4c(c3c(=O)c2c1)C(C(F)(F)F)C=CC=C4. The van der Waals surface area contributed by atoms with Gasteiger partial charge in [-0.25, -0.2) is 0 Å². The van der Waals surface area contributed by atoms with E-state index in [0.29, 0.717) is 16.5 Å². The van der Waals surface area contributed by atoms with Gasteiger partial charge in [0.1, 0.15) is 11.2 Å². The highest BCUT2D eigenvalue weighted by molar-refractivity contribution is 5.94. The minimum absolute atomic E-state index is 0.00544. The lowest BCUT2D eigenvalue weighted by Crippen LogP contribution is -2.21. The Hall–Kier alpha value is -2.82. The number of hydrogen-bond acceptors (Lipinski definition) is 2. The van der Waals surface area contributed by atoms with Crippen LogP contribution >= 0.6 is 0 Å². The molecule has 1 atom stereocenters. The molecule has 0 saturated heterocycles. The molecule has 25 heavy (non-hydrogen) atoms. The summed E-state index contributed by atoms with van der Waals surface area (Å²) in [7, 11) is 0. The topological polar surface area (TPSA) is 30.2 Å². The van der Waals surface area contributed by atoms with Gasteiger partial charge in [-0.2, -0.15) is 13.2 Å². The van der Waals surface area contributed by atoms with Crippen molar-refractivity contribution < 1.29 is 17.6 Å². The van der Waals surface area contributed by atoms with Crippen LogP contribution in [-0.2, 0) is 0 Å². The van der Waals surface area contributed by atoms with E-state index in [1.807, 2.05) is 6.92 Å². The van der Waals surface area contributed by atoms with E-state index in [1.54, 1.807) is 42.5 Å². The Morgan fingerprint density at radius 3 is 2.56 bits per heavy atom. The molecule has 0 bridgehead atoms. The number of alkyl halides is 3. The highest BCUT2D eigenvalue weighted by Crippen LogP contribution is 2.42. The quantitative estimate of drug-likeness (QED) is 0.506. The molecule has 126 valence electrons. The summed E-state index contributed by atoms with van der Waals surface area (Å²) < 4.78 is 46.6. The second kappa shape index (κ2) is 5.34. The molecule has 5 heteroatoms. The maximum atomic E-state index is 13.6. The zero-order chi connectivity index (χ0) is 17.8. The van der Waals surface area contributed by atoms with Gasteiger partial charge in [-0.1, -0.05) is 42.0 Å². The van der Waals surface area contributed by atoms with Gasteiger partial charge in [-0.15, -0.1) is 0 Å². The maximum absolute atomic E-state index is 13.6. The van der Waals surface area contributed by atoms with E-state index >= 15 is 0 Å². The van der Waals surface area contributed by atoms with E-state index in [9.17, 15) is 18.0 Å². The Kier molecular flexibility index (Phi) is 3.35. The fraction of sp³-hybridized carbons (Fsp3) is 0.150. The Morgan fingerprint density at radius 2 is 1.80 bits per heavy atom. The van der Waals surface area contributed by atoms with Crippen molar-refractivity contribution in [1.29, 1.82) is 0 Å². The van der Waals surface area contributed by atoms with Crippen molar-refractivity contribution in [2.45, 2.75) is 19.0 Å². The van der Waals surface area contributed by atoms with E-state index < -0.39 is 17.5 Å². The van der Waals surface area contributed by atoms with Gasteiger partial charge in [0.2, 0.25) is 5.43 Å². The van der Waals surface area contributed by atoms with E-state index in [0.717, 1.165) is 11.6 Å². The first-order chi connectivity index (χ1) is 11.9. The molecule has 0 aliphatic heterocycles. The van der Waals surface area contributed by atoms with Crippen molar-refractivity contribution in [1.82, 2.24) is 0 Å². The molecule has 1 aliphatic carbocycles. The monoisotopic (exact) mass is 342 g/mol. The summed E-state index contributed by atoms with van der Waals surface area (Å²) in [5.41, 5.74) is 1.26. The van der Waals surface area contributed by atoms with Crippen LogP contribution in [0.1, 0.15) is 22.6 Å². The zero-order valence-electron chi connectivity index (χ0n) is 13.2. The number of hydrogen-bond donors (Lipinski definition) is 0. The van der Waals surface area contributed by atoms with E-state index in [2.05, 4.69) is 0 Å². The Balaban J connectivity index is 2.20. The van der Waals surface area contributed by atoms with Gasteiger partial charge >= 0.3 is 6.18 Å². The molecule has 0 radical (unpaired) electrons. The highest BCUT2D eigenvalue weighted by atomic mass is 19.4. The van der Waals surface area contributed by atoms with Crippen molar-refractivity contribution in [3.63, 3.8) is 0 Å². The second-order valence-electron chi connectivity index (χ2n) is 6.14. The van der Waals surface area contributed by atoms with Crippen molar-refractivity contribution in [2.24, 2.45) is 0 Å². The Bertz CT molecular complexity index is 1120. The van der Waals surface area contributed by atoms with Gasteiger partial charge < -0.3 is 4.42 Å². The fourth-order valence-corrected chi connectivity index (χ4v) is 3.28. The first kappa shape index (κ1) is 15.7. The molecule has 0 N–H and O–H groups in total. The molecule has 1 unspecified atom stereocenters. The molecule has 0 amide bonds. The fourth-order valence-electron chi connectivity index (χ4n) is 3.28. The molecular weight excluding hydrogens is 329 g/mol. The lowest BCUT2D eigenvalue weighted by Gasteiger charge is -2.20. The lowest BCUT2D eigenvalue weighted by atomic mass is 9.90. The minimum atomic E-state index is -4.50. The highest BCUT2D eigenvalue weighted by Gasteiger charge is 2.41. The summed E-state index contributed by atoms with van der Waals surface area (Å²) in [6, 6.07) is 8.22. The summed E-state index contributed by atoms with van der Waals surface area (Å²) in [4.78, 5) is 13.0. The smallest absolute Gasteiger partial charge is 0.399 e. The third-order valence-electron chi connectivity index (χ3n) is 4.42. The van der Waals surface area contributed by atoms with Gasteiger partial charge in [0.05, 0.1) is 16.7 Å². The summed E-state index contributed by atoms with van der Waals surface area (Å²) >= 11 is 0. The molecule has 1 heterocycles. The Labute approximate surface area is 140 Å². The minimum Gasteiger partial charge on any atom is -0.456 e. The van der Waals surface area contributed by atoms with Gasteiger partial charge in [0.25, 0.3) is 0 Å². The molecule has 1 aromatic heterocycles. The lowest BCUT2D eigenvalue weighted by molar-refractivity contribution is -0.139. The van der Waals surface area contributed by atoms with Crippen LogP contribution in [0.15, 0.2) is 57.8 Å². The number of halogens is 3. The summed E-state index contributed by atoms with van der Waals surface area (Å²) in [6.45, 7) is 1.82. The summed E-state index contributed by atoms with van der Waals surface area (Å²) in [5.74, 6) is -1.86.